The van der Waals surface area contributed by atoms with Crippen LogP contribution >= 0.6 is 0 Å². The highest BCUT2D eigenvalue weighted by atomic mass is 32.2. The van der Waals surface area contributed by atoms with E-state index in [4.69, 9.17) is 14.2 Å². The molecular formula is C15H23NO5S. The molecule has 1 fully saturated rings. The van der Waals surface area contributed by atoms with Crippen LogP contribution in [0.4, 0.5) is 0 Å². The van der Waals surface area contributed by atoms with Gasteiger partial charge in [0, 0.05) is 13.7 Å². The molecular weight excluding hydrogens is 306 g/mol. The first-order valence-electron chi connectivity index (χ1n) is 7.39. The molecule has 1 aliphatic carbocycles. The van der Waals surface area contributed by atoms with E-state index in [-0.39, 0.29) is 19.1 Å². The van der Waals surface area contributed by atoms with Crippen LogP contribution in [0.2, 0.25) is 0 Å². The smallest absolute Gasteiger partial charge is 0.211 e. The number of sulfonamides is 1. The van der Waals surface area contributed by atoms with Gasteiger partial charge in [-0.2, -0.15) is 0 Å². The van der Waals surface area contributed by atoms with Crippen molar-refractivity contribution in [2.45, 2.75) is 31.9 Å². The number of hydrogen-bond acceptors (Lipinski definition) is 5. The van der Waals surface area contributed by atoms with E-state index in [1.54, 1.807) is 0 Å². The molecule has 7 heteroatoms. The Bertz CT molecular complexity index is 557. The van der Waals surface area contributed by atoms with Crippen molar-refractivity contribution in [3.8, 4) is 5.75 Å². The highest BCUT2D eigenvalue weighted by molar-refractivity contribution is 7.89. The molecule has 6 nitrogen and oxygen atoms in total. The standard InChI is InChI=1S/C15H23NO5S/c1-19-12-20-8-3-9-22(17,18)16-11-13-4-2-5-15(10-13)21-14-6-7-14/h2,4-5,10,14,16H,3,6-9,11-12H2,1H3. The summed E-state index contributed by atoms with van der Waals surface area (Å²) in [6, 6.07) is 7.52. The highest BCUT2D eigenvalue weighted by Crippen LogP contribution is 2.27. The van der Waals surface area contributed by atoms with Gasteiger partial charge in [-0.1, -0.05) is 12.1 Å². The number of methoxy groups -OCH3 is 1. The lowest BCUT2D eigenvalue weighted by molar-refractivity contribution is -0.0298. The van der Waals surface area contributed by atoms with E-state index in [0.29, 0.717) is 19.1 Å². The summed E-state index contributed by atoms with van der Waals surface area (Å²) in [7, 11) is -1.78. The molecule has 1 N–H and O–H groups in total. The van der Waals surface area contributed by atoms with Gasteiger partial charge >= 0.3 is 0 Å². The third-order valence-electron chi connectivity index (χ3n) is 3.12. The van der Waals surface area contributed by atoms with Gasteiger partial charge in [0.1, 0.15) is 12.5 Å². The van der Waals surface area contributed by atoms with Gasteiger partial charge in [0.25, 0.3) is 0 Å². The van der Waals surface area contributed by atoms with Crippen molar-refractivity contribution in [1.82, 2.24) is 4.72 Å². The lowest BCUT2D eigenvalue weighted by Gasteiger charge is -2.09. The summed E-state index contributed by atoms with van der Waals surface area (Å²) in [6.07, 6.45) is 2.96. The summed E-state index contributed by atoms with van der Waals surface area (Å²) >= 11 is 0. The van der Waals surface area contributed by atoms with Crippen molar-refractivity contribution in [1.29, 1.82) is 0 Å². The Kier molecular flexibility index (Phi) is 6.63. The predicted molar refractivity (Wildman–Crippen MR) is 83.2 cm³/mol. The first kappa shape index (κ1) is 17.2. The molecule has 0 unspecified atom stereocenters. The molecule has 0 radical (unpaired) electrons. The third kappa shape index (κ3) is 6.74. The maximum Gasteiger partial charge on any atom is 0.211 e. The topological polar surface area (TPSA) is 73.9 Å². The van der Waals surface area contributed by atoms with Gasteiger partial charge in [-0.3, -0.25) is 0 Å². The van der Waals surface area contributed by atoms with Crippen LogP contribution in [0.15, 0.2) is 24.3 Å². The number of ether oxygens (including phenoxy) is 3. The van der Waals surface area contributed by atoms with Gasteiger partial charge < -0.3 is 14.2 Å². The minimum absolute atomic E-state index is 0.0367. The molecule has 124 valence electrons. The zero-order chi connectivity index (χ0) is 15.8. The van der Waals surface area contributed by atoms with E-state index in [2.05, 4.69) is 4.72 Å². The molecule has 0 saturated heterocycles. The average molecular weight is 329 g/mol. The van der Waals surface area contributed by atoms with E-state index in [1.807, 2.05) is 24.3 Å². The monoisotopic (exact) mass is 329 g/mol. The van der Waals surface area contributed by atoms with Crippen LogP contribution in [0, 0.1) is 0 Å². The highest BCUT2D eigenvalue weighted by Gasteiger charge is 2.23. The molecule has 0 spiro atoms. The zero-order valence-electron chi connectivity index (χ0n) is 12.8. The van der Waals surface area contributed by atoms with Crippen molar-refractivity contribution >= 4 is 10.0 Å². The molecule has 1 aliphatic rings. The minimum Gasteiger partial charge on any atom is -0.490 e. The minimum atomic E-state index is -3.30. The van der Waals surface area contributed by atoms with E-state index >= 15 is 0 Å². The summed E-state index contributed by atoms with van der Waals surface area (Å²) < 4.78 is 41.8. The molecule has 1 aromatic rings. The van der Waals surface area contributed by atoms with Crippen LogP contribution in [0.5, 0.6) is 5.75 Å². The third-order valence-corrected chi connectivity index (χ3v) is 4.54. The Labute approximate surface area is 131 Å². The molecule has 1 aromatic carbocycles. The van der Waals surface area contributed by atoms with Crippen molar-refractivity contribution in [3.63, 3.8) is 0 Å². The molecule has 22 heavy (non-hydrogen) atoms. The lowest BCUT2D eigenvalue weighted by Crippen LogP contribution is -2.26. The summed E-state index contributed by atoms with van der Waals surface area (Å²) in [5.74, 6) is 0.835. The second kappa shape index (κ2) is 8.47. The lowest BCUT2D eigenvalue weighted by atomic mass is 10.2. The molecule has 0 aromatic heterocycles. The van der Waals surface area contributed by atoms with E-state index in [0.717, 1.165) is 24.2 Å². The molecule has 2 rings (SSSR count). The Morgan fingerprint density at radius 2 is 2.14 bits per heavy atom. The second-order valence-electron chi connectivity index (χ2n) is 5.27. The molecule has 0 atom stereocenters. The molecule has 0 aliphatic heterocycles. The van der Waals surface area contributed by atoms with Crippen molar-refractivity contribution < 1.29 is 22.6 Å². The summed E-state index contributed by atoms with van der Waals surface area (Å²) in [5.41, 5.74) is 0.886. The van der Waals surface area contributed by atoms with Crippen molar-refractivity contribution in [2.24, 2.45) is 0 Å². The SMILES string of the molecule is COCOCCCS(=O)(=O)NCc1cccc(OC2CC2)c1. The van der Waals surface area contributed by atoms with Gasteiger partial charge in [-0.25, -0.2) is 13.1 Å². The predicted octanol–water partition coefficient (Wildman–Crippen LogP) is 1.66. The van der Waals surface area contributed by atoms with E-state index in [9.17, 15) is 8.42 Å². The fraction of sp³-hybridized carbons (Fsp3) is 0.600. The average Bonchev–Trinajstić information content (AvgIpc) is 3.29. The maximum absolute atomic E-state index is 11.9. The zero-order valence-corrected chi connectivity index (χ0v) is 13.6. The number of hydrogen-bond donors (Lipinski definition) is 1. The molecule has 0 bridgehead atoms. The Balaban J connectivity index is 1.73. The molecule has 0 amide bonds. The van der Waals surface area contributed by atoms with Gasteiger partial charge in [0.15, 0.2) is 0 Å². The number of benzene rings is 1. The first-order valence-corrected chi connectivity index (χ1v) is 9.04. The maximum atomic E-state index is 11.9. The van der Waals surface area contributed by atoms with Crippen molar-refractivity contribution in [2.75, 3.05) is 26.3 Å². The van der Waals surface area contributed by atoms with Gasteiger partial charge in [0.05, 0.1) is 18.5 Å². The fourth-order valence-corrected chi connectivity index (χ4v) is 2.89. The Hall–Kier alpha value is -1.15. The van der Waals surface area contributed by atoms with E-state index < -0.39 is 10.0 Å². The fourth-order valence-electron chi connectivity index (χ4n) is 1.87. The van der Waals surface area contributed by atoms with Crippen LogP contribution < -0.4 is 9.46 Å². The van der Waals surface area contributed by atoms with Crippen LogP contribution in [-0.4, -0.2) is 40.8 Å². The summed E-state index contributed by atoms with van der Waals surface area (Å²) in [4.78, 5) is 0. The quantitative estimate of drug-likeness (QED) is 0.494. The van der Waals surface area contributed by atoms with Crippen LogP contribution in [0.1, 0.15) is 24.8 Å². The first-order chi connectivity index (χ1) is 10.6. The largest absolute Gasteiger partial charge is 0.490 e. The van der Waals surface area contributed by atoms with Crippen LogP contribution in [0.3, 0.4) is 0 Å². The van der Waals surface area contributed by atoms with Crippen molar-refractivity contribution in [3.05, 3.63) is 29.8 Å². The van der Waals surface area contributed by atoms with Crippen LogP contribution in [0.25, 0.3) is 0 Å². The second-order valence-corrected chi connectivity index (χ2v) is 7.20. The van der Waals surface area contributed by atoms with Gasteiger partial charge in [-0.05, 0) is 37.0 Å². The number of rotatable bonds is 11. The Morgan fingerprint density at radius 3 is 2.86 bits per heavy atom. The normalized spacial score (nSPS) is 15.0. The molecule has 0 heterocycles. The van der Waals surface area contributed by atoms with E-state index in [1.165, 1.54) is 7.11 Å². The summed E-state index contributed by atoms with van der Waals surface area (Å²) in [5, 5.41) is 0. The number of nitrogens with one attached hydrogen (secondary N) is 1. The molecule has 1 saturated carbocycles. The van der Waals surface area contributed by atoms with Gasteiger partial charge in [0.2, 0.25) is 10.0 Å². The summed E-state index contributed by atoms with van der Waals surface area (Å²) in [6.45, 7) is 0.809. The van der Waals surface area contributed by atoms with Gasteiger partial charge in [-0.15, -0.1) is 0 Å². The van der Waals surface area contributed by atoms with Crippen LogP contribution in [-0.2, 0) is 26.0 Å². The Morgan fingerprint density at radius 1 is 1.32 bits per heavy atom.